The molecule has 4 heteroatoms. The Kier molecular flexibility index (Phi) is 31.0. The maximum absolute atomic E-state index is 12.1. The molecule has 4 nitrogen and oxygen atoms in total. The number of unbranched alkanes of at least 4 members (excludes halogenated alkanes) is 19. The van der Waals surface area contributed by atoms with E-state index in [1.807, 2.05) is 6.08 Å². The first kappa shape index (κ1) is 38.6. The number of amides is 1. The Morgan fingerprint density at radius 3 is 1.45 bits per heavy atom. The Morgan fingerprint density at radius 1 is 0.575 bits per heavy atom. The smallest absolute Gasteiger partial charge is 0.220 e. The minimum Gasteiger partial charge on any atom is -0.394 e. The van der Waals surface area contributed by atoms with Gasteiger partial charge >= 0.3 is 0 Å². The molecule has 0 spiro atoms. The van der Waals surface area contributed by atoms with E-state index in [0.717, 1.165) is 38.5 Å². The van der Waals surface area contributed by atoms with E-state index in [4.69, 9.17) is 0 Å². The molecule has 0 rings (SSSR count). The van der Waals surface area contributed by atoms with Crippen LogP contribution < -0.4 is 5.32 Å². The van der Waals surface area contributed by atoms with Gasteiger partial charge in [0.15, 0.2) is 0 Å². The molecular weight excluding hydrogens is 494 g/mol. The highest BCUT2D eigenvalue weighted by molar-refractivity contribution is 5.76. The summed E-state index contributed by atoms with van der Waals surface area (Å²) in [5.41, 5.74) is 0. The van der Waals surface area contributed by atoms with Gasteiger partial charge in [-0.25, -0.2) is 0 Å². The van der Waals surface area contributed by atoms with Crippen molar-refractivity contribution < 1.29 is 15.0 Å². The van der Waals surface area contributed by atoms with Crippen LogP contribution in [0, 0.1) is 0 Å². The first-order valence-electron chi connectivity index (χ1n) is 17.2. The van der Waals surface area contributed by atoms with Crippen LogP contribution in [0.3, 0.4) is 0 Å². The van der Waals surface area contributed by atoms with Gasteiger partial charge < -0.3 is 15.5 Å². The zero-order chi connectivity index (χ0) is 29.4. The van der Waals surface area contributed by atoms with E-state index in [-0.39, 0.29) is 12.5 Å². The molecule has 40 heavy (non-hydrogen) atoms. The third-order valence-electron chi connectivity index (χ3n) is 7.60. The summed E-state index contributed by atoms with van der Waals surface area (Å²) < 4.78 is 0. The van der Waals surface area contributed by atoms with Crippen LogP contribution in [0.1, 0.15) is 168 Å². The lowest BCUT2D eigenvalue weighted by atomic mass is 10.1. The van der Waals surface area contributed by atoms with Gasteiger partial charge in [-0.3, -0.25) is 4.79 Å². The second kappa shape index (κ2) is 32.1. The predicted octanol–water partition coefficient (Wildman–Crippen LogP) is 9.90. The molecule has 0 fully saturated rings. The largest absolute Gasteiger partial charge is 0.394 e. The van der Waals surface area contributed by atoms with Gasteiger partial charge in [0.05, 0.1) is 18.8 Å². The number of carbonyl (C=O) groups is 1. The molecule has 0 radical (unpaired) electrons. The lowest BCUT2D eigenvalue weighted by Crippen LogP contribution is -2.45. The van der Waals surface area contributed by atoms with Gasteiger partial charge in [0, 0.05) is 6.42 Å². The monoisotopic (exact) mass is 562 g/mol. The van der Waals surface area contributed by atoms with Crippen LogP contribution in [-0.2, 0) is 4.79 Å². The molecule has 0 heterocycles. The molecule has 0 saturated heterocycles. The second-order valence-corrected chi connectivity index (χ2v) is 11.6. The van der Waals surface area contributed by atoms with Crippen molar-refractivity contribution >= 4 is 5.91 Å². The first-order chi connectivity index (χ1) is 19.7. The Hall–Kier alpha value is -1.39. The fourth-order valence-electron chi connectivity index (χ4n) is 4.91. The predicted molar refractivity (Wildman–Crippen MR) is 175 cm³/mol. The summed E-state index contributed by atoms with van der Waals surface area (Å²) in [5.74, 6) is -0.0872. The summed E-state index contributed by atoms with van der Waals surface area (Å²) in [5, 5.41) is 22.7. The van der Waals surface area contributed by atoms with Crippen molar-refractivity contribution in [1.29, 1.82) is 0 Å². The van der Waals surface area contributed by atoms with Gasteiger partial charge in [0.2, 0.25) is 5.91 Å². The van der Waals surface area contributed by atoms with Crippen molar-refractivity contribution in [3.8, 4) is 0 Å². The maximum Gasteiger partial charge on any atom is 0.220 e. The van der Waals surface area contributed by atoms with Gasteiger partial charge in [-0.2, -0.15) is 0 Å². The van der Waals surface area contributed by atoms with Crippen LogP contribution in [0.4, 0.5) is 0 Å². The van der Waals surface area contributed by atoms with E-state index in [9.17, 15) is 15.0 Å². The average molecular weight is 562 g/mol. The van der Waals surface area contributed by atoms with E-state index in [1.165, 1.54) is 109 Å². The third kappa shape index (κ3) is 28.1. The Bertz CT molecular complexity index is 613. The van der Waals surface area contributed by atoms with Crippen molar-refractivity contribution in [3.63, 3.8) is 0 Å². The highest BCUT2D eigenvalue weighted by atomic mass is 16.3. The van der Waals surface area contributed by atoms with Crippen molar-refractivity contribution in [2.75, 3.05) is 6.61 Å². The minimum absolute atomic E-state index is 0.0872. The Balaban J connectivity index is 3.67. The van der Waals surface area contributed by atoms with Crippen molar-refractivity contribution in [2.45, 2.75) is 180 Å². The van der Waals surface area contributed by atoms with E-state index in [1.54, 1.807) is 6.08 Å². The zero-order valence-electron chi connectivity index (χ0n) is 26.6. The fourth-order valence-corrected chi connectivity index (χ4v) is 4.91. The quantitative estimate of drug-likeness (QED) is 0.0603. The van der Waals surface area contributed by atoms with E-state index in [0.29, 0.717) is 6.42 Å². The molecule has 0 aliphatic heterocycles. The van der Waals surface area contributed by atoms with Crippen LogP contribution in [0.25, 0.3) is 0 Å². The van der Waals surface area contributed by atoms with Gasteiger partial charge in [-0.05, 0) is 44.9 Å². The van der Waals surface area contributed by atoms with Crippen LogP contribution in [-0.4, -0.2) is 34.9 Å². The number of aliphatic hydroxyl groups excluding tert-OH is 2. The first-order valence-corrected chi connectivity index (χ1v) is 17.2. The van der Waals surface area contributed by atoms with Gasteiger partial charge in [0.25, 0.3) is 0 Å². The second-order valence-electron chi connectivity index (χ2n) is 11.6. The summed E-state index contributed by atoms with van der Waals surface area (Å²) in [6.45, 7) is 4.23. The molecule has 0 aromatic heterocycles. The molecule has 0 bridgehead atoms. The van der Waals surface area contributed by atoms with Crippen LogP contribution in [0.5, 0.6) is 0 Å². The molecule has 0 aromatic carbocycles. The highest BCUT2D eigenvalue weighted by Crippen LogP contribution is 2.12. The van der Waals surface area contributed by atoms with Gasteiger partial charge in [-0.15, -0.1) is 0 Å². The molecule has 1 amide bonds. The summed E-state index contributed by atoms with van der Waals surface area (Å²) in [7, 11) is 0. The van der Waals surface area contributed by atoms with Crippen molar-refractivity contribution in [1.82, 2.24) is 5.32 Å². The Labute approximate surface area is 249 Å². The fraction of sp³-hybridized carbons (Fsp3) is 0.806. The molecule has 2 unspecified atom stereocenters. The highest BCUT2D eigenvalue weighted by Gasteiger charge is 2.17. The average Bonchev–Trinajstić information content (AvgIpc) is 2.96. The minimum atomic E-state index is -0.863. The number of carbonyl (C=O) groups excluding carboxylic acids is 1. The number of nitrogens with one attached hydrogen (secondary N) is 1. The molecule has 2 atom stereocenters. The molecule has 0 aromatic rings. The SMILES string of the molecule is CCCCCCCCCCCCC/C=C/CC/C=C/CC/C=C/C(O)C(CO)NC(=O)CCCCCCCCC. The molecule has 234 valence electrons. The van der Waals surface area contributed by atoms with Crippen molar-refractivity contribution in [3.05, 3.63) is 36.5 Å². The van der Waals surface area contributed by atoms with Crippen LogP contribution in [0.15, 0.2) is 36.5 Å². The Morgan fingerprint density at radius 2 is 0.975 bits per heavy atom. The van der Waals surface area contributed by atoms with Crippen LogP contribution in [0.2, 0.25) is 0 Å². The van der Waals surface area contributed by atoms with Crippen LogP contribution >= 0.6 is 0 Å². The molecular formula is C36H67NO3. The van der Waals surface area contributed by atoms with E-state index < -0.39 is 12.1 Å². The topological polar surface area (TPSA) is 69.6 Å². The summed E-state index contributed by atoms with van der Waals surface area (Å²) in [6, 6.07) is -0.638. The lowest BCUT2D eigenvalue weighted by Gasteiger charge is -2.19. The van der Waals surface area contributed by atoms with E-state index in [2.05, 4.69) is 43.5 Å². The third-order valence-corrected chi connectivity index (χ3v) is 7.60. The number of hydrogen-bond acceptors (Lipinski definition) is 3. The summed E-state index contributed by atoms with van der Waals surface area (Å²) in [4.78, 5) is 12.1. The molecule has 3 N–H and O–H groups in total. The normalized spacial score (nSPS) is 13.6. The van der Waals surface area contributed by atoms with Gasteiger partial charge in [-0.1, -0.05) is 153 Å². The summed E-state index contributed by atoms with van der Waals surface area (Å²) >= 11 is 0. The van der Waals surface area contributed by atoms with Crippen molar-refractivity contribution in [2.24, 2.45) is 0 Å². The number of rotatable bonds is 30. The number of aliphatic hydroxyl groups is 2. The van der Waals surface area contributed by atoms with Gasteiger partial charge in [0.1, 0.15) is 0 Å². The number of allylic oxidation sites excluding steroid dienone is 5. The maximum atomic E-state index is 12.1. The molecule has 0 aliphatic carbocycles. The summed E-state index contributed by atoms with van der Waals surface area (Å²) in [6.07, 6.45) is 41.0. The lowest BCUT2D eigenvalue weighted by molar-refractivity contribution is -0.123. The molecule has 0 aliphatic rings. The zero-order valence-corrected chi connectivity index (χ0v) is 26.6. The number of hydrogen-bond donors (Lipinski definition) is 3. The molecule has 0 saturated carbocycles. The standard InChI is InChI=1S/C36H67NO3/c1-3-5-7-9-11-12-13-14-15-16-17-18-19-20-21-22-23-24-26-27-29-31-35(39)34(33-38)37-36(40)32-30-28-25-10-8-6-4-2/h19-20,23-24,29,31,34-35,38-39H,3-18,21-22,25-28,30,32-33H2,1-2H3,(H,37,40)/b20-19+,24-23+,31-29+. The van der Waals surface area contributed by atoms with E-state index >= 15 is 0 Å².